The number of piperidine rings is 1. The van der Waals surface area contributed by atoms with E-state index in [9.17, 15) is 14.3 Å². The lowest BCUT2D eigenvalue weighted by atomic mass is 9.75. The maximum Gasteiger partial charge on any atom is 0.340 e. The lowest BCUT2D eigenvalue weighted by Crippen LogP contribution is -2.42. The van der Waals surface area contributed by atoms with Crippen LogP contribution in [0.25, 0.3) is 0 Å². The zero-order chi connectivity index (χ0) is 14.1. The minimum Gasteiger partial charge on any atom is -0.478 e. The number of carboxylic acid groups (broad SMARTS) is 1. The maximum atomic E-state index is 13.8. The largest absolute Gasteiger partial charge is 0.478 e. The number of halogens is 1. The number of aromatic carboxylic acids is 1. The summed E-state index contributed by atoms with van der Waals surface area (Å²) in [5, 5.41) is 9.24. The van der Waals surface area contributed by atoms with Gasteiger partial charge in [-0.25, -0.2) is 9.18 Å². The van der Waals surface area contributed by atoms with Gasteiger partial charge in [0, 0.05) is 13.1 Å². The predicted molar refractivity (Wildman–Crippen MR) is 75.6 cm³/mol. The SMILES string of the molecule is O=C(O)c1c(F)cccc1N1CCC2CCCCC2C1. The molecule has 1 N–H and O–H groups in total. The highest BCUT2D eigenvalue weighted by Crippen LogP contribution is 2.38. The highest BCUT2D eigenvalue weighted by molar-refractivity contribution is 5.94. The molecule has 1 aliphatic carbocycles. The number of rotatable bonds is 2. The van der Waals surface area contributed by atoms with E-state index in [4.69, 9.17) is 0 Å². The highest BCUT2D eigenvalue weighted by Gasteiger charge is 2.32. The third-order valence-corrected chi connectivity index (χ3v) is 4.84. The normalized spacial score (nSPS) is 26.1. The summed E-state index contributed by atoms with van der Waals surface area (Å²) >= 11 is 0. The lowest BCUT2D eigenvalue weighted by Gasteiger charge is -2.42. The molecule has 1 saturated heterocycles. The van der Waals surface area contributed by atoms with Gasteiger partial charge in [-0.3, -0.25) is 0 Å². The summed E-state index contributed by atoms with van der Waals surface area (Å²) < 4.78 is 13.8. The summed E-state index contributed by atoms with van der Waals surface area (Å²) in [5.74, 6) is -0.395. The minimum absolute atomic E-state index is 0.179. The van der Waals surface area contributed by atoms with Crippen molar-refractivity contribution in [2.24, 2.45) is 11.8 Å². The molecular formula is C16H20FNO2. The first kappa shape index (κ1) is 13.4. The van der Waals surface area contributed by atoms with Gasteiger partial charge in [-0.1, -0.05) is 25.3 Å². The monoisotopic (exact) mass is 277 g/mol. The fourth-order valence-electron chi connectivity index (χ4n) is 3.81. The van der Waals surface area contributed by atoms with E-state index in [-0.39, 0.29) is 5.56 Å². The molecule has 0 bridgehead atoms. The van der Waals surface area contributed by atoms with Crippen LogP contribution in [0, 0.1) is 17.7 Å². The second-order valence-electron chi connectivity index (χ2n) is 5.98. The van der Waals surface area contributed by atoms with Crippen molar-refractivity contribution in [1.82, 2.24) is 0 Å². The van der Waals surface area contributed by atoms with Crippen molar-refractivity contribution in [2.75, 3.05) is 18.0 Å². The molecular weight excluding hydrogens is 257 g/mol. The number of fused-ring (bicyclic) bond motifs is 1. The summed E-state index contributed by atoms with van der Waals surface area (Å²) in [6.07, 6.45) is 6.21. The van der Waals surface area contributed by atoms with Crippen LogP contribution in [0.3, 0.4) is 0 Å². The van der Waals surface area contributed by atoms with Gasteiger partial charge in [0.1, 0.15) is 11.4 Å². The van der Waals surface area contributed by atoms with E-state index >= 15 is 0 Å². The maximum absolute atomic E-state index is 13.8. The van der Waals surface area contributed by atoms with Crippen molar-refractivity contribution >= 4 is 11.7 Å². The van der Waals surface area contributed by atoms with Crippen LogP contribution in [0.2, 0.25) is 0 Å². The number of hydrogen-bond donors (Lipinski definition) is 1. The van der Waals surface area contributed by atoms with E-state index in [0.29, 0.717) is 11.6 Å². The number of anilines is 1. The summed E-state index contributed by atoms with van der Waals surface area (Å²) in [5.41, 5.74) is 0.364. The summed E-state index contributed by atoms with van der Waals surface area (Å²) in [6.45, 7) is 1.71. The van der Waals surface area contributed by atoms with E-state index < -0.39 is 11.8 Å². The van der Waals surface area contributed by atoms with Crippen molar-refractivity contribution < 1.29 is 14.3 Å². The third kappa shape index (κ3) is 2.39. The average Bonchev–Trinajstić information content (AvgIpc) is 2.46. The van der Waals surface area contributed by atoms with Crippen LogP contribution < -0.4 is 4.90 Å². The molecule has 1 aliphatic heterocycles. The topological polar surface area (TPSA) is 40.5 Å². The fourth-order valence-corrected chi connectivity index (χ4v) is 3.81. The van der Waals surface area contributed by atoms with Gasteiger partial charge in [-0.15, -0.1) is 0 Å². The standard InChI is InChI=1S/C16H20FNO2/c17-13-6-3-7-14(15(13)16(19)20)18-9-8-11-4-1-2-5-12(11)10-18/h3,6-7,11-12H,1-2,4-5,8-10H2,(H,19,20). The third-order valence-electron chi connectivity index (χ3n) is 4.84. The van der Waals surface area contributed by atoms with Crippen LogP contribution in [0.1, 0.15) is 42.5 Å². The van der Waals surface area contributed by atoms with Crippen molar-refractivity contribution in [1.29, 1.82) is 0 Å². The Kier molecular flexibility index (Phi) is 3.64. The molecule has 4 heteroatoms. The Hall–Kier alpha value is -1.58. The van der Waals surface area contributed by atoms with Gasteiger partial charge < -0.3 is 10.0 Å². The summed E-state index contributed by atoms with van der Waals surface area (Å²) in [4.78, 5) is 13.4. The molecule has 108 valence electrons. The first-order chi connectivity index (χ1) is 9.66. The van der Waals surface area contributed by atoms with E-state index in [2.05, 4.69) is 4.90 Å². The molecule has 0 radical (unpaired) electrons. The first-order valence-corrected chi connectivity index (χ1v) is 7.43. The van der Waals surface area contributed by atoms with Crippen molar-refractivity contribution in [3.8, 4) is 0 Å². The van der Waals surface area contributed by atoms with Crippen LogP contribution in [0.15, 0.2) is 18.2 Å². The van der Waals surface area contributed by atoms with Gasteiger partial charge in [0.05, 0.1) is 5.69 Å². The van der Waals surface area contributed by atoms with Crippen LogP contribution in [-0.4, -0.2) is 24.2 Å². The van der Waals surface area contributed by atoms with Gasteiger partial charge in [0.25, 0.3) is 0 Å². The Morgan fingerprint density at radius 3 is 2.70 bits per heavy atom. The van der Waals surface area contributed by atoms with Gasteiger partial charge in [-0.2, -0.15) is 0 Å². The first-order valence-electron chi connectivity index (χ1n) is 7.43. The molecule has 0 amide bonds. The Bertz CT molecular complexity index is 517. The number of nitrogens with zero attached hydrogens (tertiary/aromatic N) is 1. The predicted octanol–water partition coefficient (Wildman–Crippen LogP) is 3.54. The van der Waals surface area contributed by atoms with E-state index in [0.717, 1.165) is 25.4 Å². The quantitative estimate of drug-likeness (QED) is 0.899. The number of hydrogen-bond acceptors (Lipinski definition) is 2. The average molecular weight is 277 g/mol. The Morgan fingerprint density at radius 2 is 1.95 bits per heavy atom. The lowest BCUT2D eigenvalue weighted by molar-refractivity contribution is 0.0692. The molecule has 3 rings (SSSR count). The smallest absolute Gasteiger partial charge is 0.340 e. The molecule has 0 aromatic heterocycles. The zero-order valence-corrected chi connectivity index (χ0v) is 11.5. The molecule has 1 saturated carbocycles. The highest BCUT2D eigenvalue weighted by atomic mass is 19.1. The molecule has 1 heterocycles. The zero-order valence-electron chi connectivity index (χ0n) is 11.5. The molecule has 2 atom stereocenters. The second kappa shape index (κ2) is 5.43. The summed E-state index contributed by atoms with van der Waals surface area (Å²) in [7, 11) is 0. The van der Waals surface area contributed by atoms with Crippen molar-refractivity contribution in [3.05, 3.63) is 29.6 Å². The Balaban J connectivity index is 1.86. The van der Waals surface area contributed by atoms with Gasteiger partial charge in [0.2, 0.25) is 0 Å². The molecule has 2 unspecified atom stereocenters. The second-order valence-corrected chi connectivity index (χ2v) is 5.98. The van der Waals surface area contributed by atoms with Gasteiger partial charge in [-0.05, 0) is 36.8 Å². The van der Waals surface area contributed by atoms with Crippen LogP contribution >= 0.6 is 0 Å². The van der Waals surface area contributed by atoms with Crippen molar-refractivity contribution in [2.45, 2.75) is 32.1 Å². The molecule has 1 aromatic carbocycles. The van der Waals surface area contributed by atoms with Gasteiger partial charge >= 0.3 is 5.97 Å². The van der Waals surface area contributed by atoms with Crippen LogP contribution in [0.5, 0.6) is 0 Å². The van der Waals surface area contributed by atoms with Gasteiger partial charge in [0.15, 0.2) is 0 Å². The Labute approximate surface area is 118 Å². The molecule has 0 spiro atoms. The van der Waals surface area contributed by atoms with Crippen LogP contribution in [-0.2, 0) is 0 Å². The van der Waals surface area contributed by atoms with Crippen molar-refractivity contribution in [3.63, 3.8) is 0 Å². The minimum atomic E-state index is -1.18. The fraction of sp³-hybridized carbons (Fsp3) is 0.562. The van der Waals surface area contributed by atoms with E-state index in [1.807, 2.05) is 0 Å². The number of carboxylic acids is 1. The molecule has 2 fully saturated rings. The van der Waals surface area contributed by atoms with E-state index in [1.165, 1.54) is 31.7 Å². The van der Waals surface area contributed by atoms with E-state index in [1.54, 1.807) is 12.1 Å². The molecule has 3 nitrogen and oxygen atoms in total. The number of carbonyl (C=O) groups is 1. The molecule has 2 aliphatic rings. The Morgan fingerprint density at radius 1 is 1.20 bits per heavy atom. The molecule has 20 heavy (non-hydrogen) atoms. The van der Waals surface area contributed by atoms with Crippen LogP contribution in [0.4, 0.5) is 10.1 Å². The number of benzene rings is 1. The summed E-state index contributed by atoms with van der Waals surface area (Å²) in [6, 6.07) is 4.56. The molecule has 1 aromatic rings.